The molecule has 1 aromatic heterocycles. The van der Waals surface area contributed by atoms with Crippen LogP contribution in [0, 0.1) is 0 Å². The van der Waals surface area contributed by atoms with Gasteiger partial charge in [0, 0.05) is 19.3 Å². The zero-order valence-corrected chi connectivity index (χ0v) is 18.0. The van der Waals surface area contributed by atoms with Crippen molar-refractivity contribution < 1.29 is 14.3 Å². The van der Waals surface area contributed by atoms with Crippen molar-refractivity contribution in [1.82, 2.24) is 9.55 Å². The number of anilines is 2. The normalized spacial score (nSPS) is 10.7. The van der Waals surface area contributed by atoms with Crippen LogP contribution < -0.4 is 26.6 Å². The summed E-state index contributed by atoms with van der Waals surface area (Å²) in [6.45, 7) is 0.636. The Kier molecular flexibility index (Phi) is 7.45. The maximum atomic E-state index is 13.2. The highest BCUT2D eigenvalue weighted by Gasteiger charge is 2.22. The number of Topliss-reactive ketones (excluding diaryl/α,β-unsaturated/α-hetero) is 1. The molecule has 9 heteroatoms. The summed E-state index contributed by atoms with van der Waals surface area (Å²) in [4.78, 5) is 41.8. The number of nitrogens with zero attached hydrogens (tertiary/aromatic N) is 2. The van der Waals surface area contributed by atoms with Crippen LogP contribution in [0.4, 0.5) is 11.5 Å². The fourth-order valence-corrected chi connectivity index (χ4v) is 3.35. The number of hydrogen-bond acceptors (Lipinski definition) is 7. The molecule has 0 aliphatic carbocycles. The Morgan fingerprint density at radius 1 is 1.06 bits per heavy atom. The van der Waals surface area contributed by atoms with Gasteiger partial charge in [-0.2, -0.15) is 0 Å². The van der Waals surface area contributed by atoms with E-state index in [2.05, 4.69) is 4.98 Å². The van der Waals surface area contributed by atoms with Gasteiger partial charge in [-0.3, -0.25) is 19.1 Å². The van der Waals surface area contributed by atoms with Gasteiger partial charge in [0.1, 0.15) is 17.1 Å². The van der Waals surface area contributed by atoms with Crippen molar-refractivity contribution in [2.75, 3.05) is 38.0 Å². The molecule has 0 radical (unpaired) electrons. The van der Waals surface area contributed by atoms with Gasteiger partial charge < -0.3 is 20.1 Å². The third-order valence-corrected chi connectivity index (χ3v) is 5.03. The van der Waals surface area contributed by atoms with Crippen molar-refractivity contribution in [3.8, 4) is 5.75 Å². The fraction of sp³-hybridized carbons (Fsp3) is 0.261. The van der Waals surface area contributed by atoms with E-state index in [-0.39, 0.29) is 31.1 Å². The Morgan fingerprint density at radius 2 is 1.75 bits per heavy atom. The first-order valence-corrected chi connectivity index (χ1v) is 10.0. The van der Waals surface area contributed by atoms with Crippen LogP contribution in [-0.4, -0.2) is 42.7 Å². The van der Waals surface area contributed by atoms with Crippen LogP contribution in [0.5, 0.6) is 5.75 Å². The van der Waals surface area contributed by atoms with Gasteiger partial charge >= 0.3 is 5.69 Å². The quantitative estimate of drug-likeness (QED) is 0.462. The van der Waals surface area contributed by atoms with Crippen LogP contribution in [0.2, 0.25) is 0 Å². The van der Waals surface area contributed by atoms with Crippen LogP contribution in [-0.2, 0) is 17.8 Å². The predicted molar refractivity (Wildman–Crippen MR) is 122 cm³/mol. The van der Waals surface area contributed by atoms with Crippen molar-refractivity contribution in [3.05, 3.63) is 86.6 Å². The molecular formula is C23H26N4O5. The minimum atomic E-state index is -0.805. The molecule has 3 rings (SSSR count). The number of carbonyl (C=O) groups is 1. The summed E-state index contributed by atoms with van der Waals surface area (Å²) in [5, 5.41) is 0. The molecule has 9 nitrogen and oxygen atoms in total. The van der Waals surface area contributed by atoms with Crippen molar-refractivity contribution in [3.63, 3.8) is 0 Å². The Bertz CT molecular complexity index is 1170. The number of ketones is 1. The summed E-state index contributed by atoms with van der Waals surface area (Å²) in [6, 6.07) is 16.9. The van der Waals surface area contributed by atoms with E-state index in [1.54, 1.807) is 19.2 Å². The topological polar surface area (TPSA) is 120 Å². The molecule has 0 bridgehead atoms. The summed E-state index contributed by atoms with van der Waals surface area (Å²) in [5.74, 6) is 0.0162. The van der Waals surface area contributed by atoms with Crippen LogP contribution in [0.3, 0.4) is 0 Å². The number of nitrogen functional groups attached to an aromatic ring is 1. The molecule has 168 valence electrons. The number of hydrogen-bond donors (Lipinski definition) is 2. The van der Waals surface area contributed by atoms with Gasteiger partial charge in [-0.15, -0.1) is 0 Å². The highest BCUT2D eigenvalue weighted by atomic mass is 16.5. The minimum absolute atomic E-state index is 0.114. The lowest BCUT2D eigenvalue weighted by Crippen LogP contribution is -2.39. The SMILES string of the molecule is COCCn1c(N)c(C(=O)CN(Cc2ccccc2)c2ccc(OC)cc2)c(=O)[nH]c1=O. The second kappa shape index (κ2) is 10.5. The first-order valence-electron chi connectivity index (χ1n) is 10.0. The second-order valence-corrected chi connectivity index (χ2v) is 7.13. The molecule has 3 aromatic rings. The zero-order chi connectivity index (χ0) is 23.1. The van der Waals surface area contributed by atoms with Crippen molar-refractivity contribution in [2.45, 2.75) is 13.1 Å². The van der Waals surface area contributed by atoms with Gasteiger partial charge in [-0.25, -0.2) is 4.79 Å². The molecule has 0 spiro atoms. The van der Waals surface area contributed by atoms with Crippen molar-refractivity contribution >= 4 is 17.3 Å². The maximum Gasteiger partial charge on any atom is 0.330 e. The number of carbonyl (C=O) groups excluding carboxylic acids is 1. The molecule has 0 fully saturated rings. The molecular weight excluding hydrogens is 412 g/mol. The largest absolute Gasteiger partial charge is 0.497 e. The lowest BCUT2D eigenvalue weighted by atomic mass is 10.1. The number of ether oxygens (including phenoxy) is 2. The van der Waals surface area contributed by atoms with Crippen LogP contribution >= 0.6 is 0 Å². The maximum absolute atomic E-state index is 13.2. The Hall–Kier alpha value is -3.85. The molecule has 1 heterocycles. The van der Waals surface area contributed by atoms with Crippen LogP contribution in [0.25, 0.3) is 0 Å². The van der Waals surface area contributed by atoms with Crippen molar-refractivity contribution in [2.24, 2.45) is 0 Å². The second-order valence-electron chi connectivity index (χ2n) is 7.13. The molecule has 0 aliphatic heterocycles. The van der Waals surface area contributed by atoms with E-state index >= 15 is 0 Å². The summed E-state index contributed by atoms with van der Waals surface area (Å²) in [5.41, 5.74) is 6.09. The van der Waals surface area contributed by atoms with E-state index < -0.39 is 17.0 Å². The zero-order valence-electron chi connectivity index (χ0n) is 18.0. The fourth-order valence-electron chi connectivity index (χ4n) is 3.35. The first kappa shape index (κ1) is 22.8. The molecule has 0 unspecified atom stereocenters. The smallest absolute Gasteiger partial charge is 0.330 e. The molecule has 32 heavy (non-hydrogen) atoms. The predicted octanol–water partition coefficient (Wildman–Crippen LogP) is 1.66. The Morgan fingerprint density at radius 3 is 2.38 bits per heavy atom. The summed E-state index contributed by atoms with van der Waals surface area (Å²) >= 11 is 0. The number of nitrogens with one attached hydrogen (secondary N) is 1. The molecule has 0 saturated carbocycles. The number of methoxy groups -OCH3 is 2. The van der Waals surface area contributed by atoms with Crippen molar-refractivity contribution in [1.29, 1.82) is 0 Å². The molecule has 0 atom stereocenters. The number of rotatable bonds is 10. The highest BCUT2D eigenvalue weighted by Crippen LogP contribution is 2.22. The van der Waals surface area contributed by atoms with Gasteiger partial charge in [0.05, 0.1) is 26.8 Å². The van der Waals surface area contributed by atoms with Crippen LogP contribution in [0.15, 0.2) is 64.2 Å². The van der Waals surface area contributed by atoms with E-state index in [1.807, 2.05) is 47.4 Å². The first-order chi connectivity index (χ1) is 15.4. The number of aromatic amines is 1. The Labute approximate surface area is 185 Å². The number of aromatic nitrogens is 2. The standard InChI is InChI=1S/C23H26N4O5/c1-31-13-12-27-21(24)20(22(29)25-23(27)30)19(28)15-26(14-16-6-4-3-5-7-16)17-8-10-18(32-2)11-9-17/h3-11H,12-15,24H2,1-2H3,(H,25,29,30). The van der Waals surface area contributed by atoms with E-state index in [1.165, 1.54) is 7.11 Å². The number of H-pyrrole nitrogens is 1. The average molecular weight is 438 g/mol. The van der Waals surface area contributed by atoms with Gasteiger partial charge in [0.2, 0.25) is 0 Å². The van der Waals surface area contributed by atoms with E-state index in [4.69, 9.17) is 15.2 Å². The molecule has 3 N–H and O–H groups in total. The van der Waals surface area contributed by atoms with E-state index in [0.29, 0.717) is 12.3 Å². The average Bonchev–Trinajstić information content (AvgIpc) is 2.79. The summed E-state index contributed by atoms with van der Waals surface area (Å²) in [6.07, 6.45) is 0. The summed E-state index contributed by atoms with van der Waals surface area (Å²) < 4.78 is 11.3. The lowest BCUT2D eigenvalue weighted by molar-refractivity contribution is 0.0997. The lowest BCUT2D eigenvalue weighted by Gasteiger charge is -2.25. The monoisotopic (exact) mass is 438 g/mol. The van der Waals surface area contributed by atoms with E-state index in [0.717, 1.165) is 15.8 Å². The number of benzene rings is 2. The molecule has 0 aliphatic rings. The Balaban J connectivity index is 1.96. The van der Waals surface area contributed by atoms with E-state index in [9.17, 15) is 14.4 Å². The third-order valence-electron chi connectivity index (χ3n) is 5.03. The number of nitrogens with two attached hydrogens (primary N) is 1. The summed E-state index contributed by atoms with van der Waals surface area (Å²) in [7, 11) is 3.06. The molecule has 0 saturated heterocycles. The minimum Gasteiger partial charge on any atom is -0.497 e. The van der Waals surface area contributed by atoms with Gasteiger partial charge in [0.25, 0.3) is 5.56 Å². The van der Waals surface area contributed by atoms with Gasteiger partial charge in [-0.1, -0.05) is 30.3 Å². The molecule has 2 aromatic carbocycles. The molecule has 0 amide bonds. The van der Waals surface area contributed by atoms with Gasteiger partial charge in [-0.05, 0) is 29.8 Å². The van der Waals surface area contributed by atoms with Gasteiger partial charge in [0.15, 0.2) is 5.78 Å². The van der Waals surface area contributed by atoms with Crippen LogP contribution in [0.1, 0.15) is 15.9 Å². The third kappa shape index (κ3) is 5.25. The highest BCUT2D eigenvalue weighted by molar-refractivity contribution is 6.02.